The summed E-state index contributed by atoms with van der Waals surface area (Å²) in [7, 11) is 0. The van der Waals surface area contributed by atoms with E-state index in [1.807, 2.05) is 13.0 Å². The monoisotopic (exact) mass is 302 g/mol. The minimum absolute atomic E-state index is 0.209. The van der Waals surface area contributed by atoms with Gasteiger partial charge in [-0.25, -0.2) is 0 Å². The van der Waals surface area contributed by atoms with Gasteiger partial charge in [-0.05, 0) is 37.1 Å². The Balaban J connectivity index is 2.22. The summed E-state index contributed by atoms with van der Waals surface area (Å²) in [4.78, 5) is 25.5. The number of amides is 2. The Hall–Kier alpha value is -2.14. The van der Waals surface area contributed by atoms with Crippen LogP contribution in [0.1, 0.15) is 43.8 Å². The maximum atomic E-state index is 12.3. The number of benzene rings is 1. The first-order valence-corrected chi connectivity index (χ1v) is 7.64. The number of hydrogen-bond donors (Lipinski definition) is 2. The number of nitrogens with two attached hydrogens (primary N) is 1. The number of aryl methyl sites for hydroxylation is 2. The van der Waals surface area contributed by atoms with Crippen LogP contribution in [0.25, 0.3) is 0 Å². The highest BCUT2D eigenvalue weighted by atomic mass is 32.1. The van der Waals surface area contributed by atoms with Crippen molar-refractivity contribution in [2.24, 2.45) is 5.73 Å². The van der Waals surface area contributed by atoms with Gasteiger partial charge in [-0.2, -0.15) is 0 Å². The first-order valence-electron chi connectivity index (χ1n) is 6.82. The van der Waals surface area contributed by atoms with E-state index in [0.717, 1.165) is 17.7 Å². The number of hydrogen-bond acceptors (Lipinski definition) is 3. The van der Waals surface area contributed by atoms with Gasteiger partial charge in [-0.3, -0.25) is 9.59 Å². The van der Waals surface area contributed by atoms with Gasteiger partial charge in [0, 0.05) is 4.88 Å². The molecule has 0 saturated heterocycles. The molecular weight excluding hydrogens is 284 g/mol. The van der Waals surface area contributed by atoms with Crippen LogP contribution in [0.4, 0.5) is 5.69 Å². The molecule has 2 rings (SSSR count). The molecule has 0 bridgehead atoms. The summed E-state index contributed by atoms with van der Waals surface area (Å²) in [6.45, 7) is 4.13. The van der Waals surface area contributed by atoms with Crippen LogP contribution in [-0.2, 0) is 6.42 Å². The van der Waals surface area contributed by atoms with Crippen molar-refractivity contribution in [2.75, 3.05) is 5.32 Å². The lowest BCUT2D eigenvalue weighted by atomic mass is 10.1. The highest BCUT2D eigenvalue weighted by Gasteiger charge is 2.15. The predicted molar refractivity (Wildman–Crippen MR) is 86.0 cm³/mol. The van der Waals surface area contributed by atoms with E-state index in [0.29, 0.717) is 16.1 Å². The minimum atomic E-state index is -0.556. The Labute approximate surface area is 128 Å². The van der Waals surface area contributed by atoms with Gasteiger partial charge in [0.05, 0.1) is 16.1 Å². The zero-order chi connectivity index (χ0) is 15.4. The maximum absolute atomic E-state index is 12.3. The average Bonchev–Trinajstić information content (AvgIpc) is 2.81. The lowest BCUT2D eigenvalue weighted by molar-refractivity contribution is 0.100. The molecule has 1 aromatic carbocycles. The molecule has 110 valence electrons. The van der Waals surface area contributed by atoms with Crippen molar-refractivity contribution in [3.05, 3.63) is 51.2 Å². The standard InChI is InChI=1S/C16H18N2O2S/c1-3-6-11-9-14(21-10(11)2)16(20)18-13-8-5-4-7-12(13)15(17)19/h4-5,7-9H,3,6H2,1-2H3,(H2,17,19)(H,18,20). The van der Waals surface area contributed by atoms with Crippen molar-refractivity contribution in [1.82, 2.24) is 0 Å². The third kappa shape index (κ3) is 3.49. The van der Waals surface area contributed by atoms with Gasteiger partial charge in [-0.1, -0.05) is 25.5 Å². The summed E-state index contributed by atoms with van der Waals surface area (Å²) < 4.78 is 0. The summed E-state index contributed by atoms with van der Waals surface area (Å²) in [5.74, 6) is -0.765. The Bertz CT molecular complexity index is 677. The molecule has 0 spiro atoms. The molecule has 5 heteroatoms. The molecule has 2 amide bonds. The van der Waals surface area contributed by atoms with Gasteiger partial charge >= 0.3 is 0 Å². The third-order valence-electron chi connectivity index (χ3n) is 3.20. The van der Waals surface area contributed by atoms with Crippen LogP contribution in [0.3, 0.4) is 0 Å². The van der Waals surface area contributed by atoms with Crippen molar-refractivity contribution >= 4 is 28.8 Å². The number of primary amides is 1. The summed E-state index contributed by atoms with van der Waals surface area (Å²) >= 11 is 1.47. The van der Waals surface area contributed by atoms with Crippen molar-refractivity contribution in [1.29, 1.82) is 0 Å². The summed E-state index contributed by atoms with van der Waals surface area (Å²) in [5.41, 5.74) is 7.27. The Kier molecular flexibility index (Phi) is 4.75. The van der Waals surface area contributed by atoms with E-state index in [9.17, 15) is 9.59 Å². The quantitative estimate of drug-likeness (QED) is 0.889. The predicted octanol–water partition coefficient (Wildman–Crippen LogP) is 3.36. The molecule has 1 heterocycles. The zero-order valence-corrected chi connectivity index (χ0v) is 12.9. The summed E-state index contributed by atoms with van der Waals surface area (Å²) in [6, 6.07) is 8.66. The smallest absolute Gasteiger partial charge is 0.265 e. The van der Waals surface area contributed by atoms with Crippen LogP contribution < -0.4 is 11.1 Å². The lowest BCUT2D eigenvalue weighted by Gasteiger charge is -2.07. The van der Waals surface area contributed by atoms with E-state index in [4.69, 9.17) is 5.73 Å². The summed E-state index contributed by atoms with van der Waals surface area (Å²) in [6.07, 6.45) is 2.01. The van der Waals surface area contributed by atoms with Crippen LogP contribution in [0.2, 0.25) is 0 Å². The molecule has 0 unspecified atom stereocenters. The number of rotatable bonds is 5. The first kappa shape index (κ1) is 15.3. The molecule has 0 radical (unpaired) electrons. The first-order chi connectivity index (χ1) is 10.0. The molecule has 0 aliphatic rings. The van der Waals surface area contributed by atoms with E-state index in [1.165, 1.54) is 16.9 Å². The molecular formula is C16H18N2O2S. The van der Waals surface area contributed by atoms with E-state index in [-0.39, 0.29) is 5.91 Å². The third-order valence-corrected chi connectivity index (χ3v) is 4.30. The molecule has 0 aliphatic heterocycles. The van der Waals surface area contributed by atoms with Gasteiger partial charge < -0.3 is 11.1 Å². The highest BCUT2D eigenvalue weighted by Crippen LogP contribution is 2.24. The van der Waals surface area contributed by atoms with E-state index in [2.05, 4.69) is 12.2 Å². The van der Waals surface area contributed by atoms with E-state index < -0.39 is 5.91 Å². The number of anilines is 1. The lowest BCUT2D eigenvalue weighted by Crippen LogP contribution is -2.17. The van der Waals surface area contributed by atoms with Gasteiger partial charge in [0.1, 0.15) is 0 Å². The molecule has 0 aliphatic carbocycles. The van der Waals surface area contributed by atoms with E-state index in [1.54, 1.807) is 24.3 Å². The van der Waals surface area contributed by atoms with Crippen LogP contribution in [0.15, 0.2) is 30.3 Å². The molecule has 21 heavy (non-hydrogen) atoms. The highest BCUT2D eigenvalue weighted by molar-refractivity contribution is 7.14. The van der Waals surface area contributed by atoms with Gasteiger partial charge in [0.25, 0.3) is 11.8 Å². The largest absolute Gasteiger partial charge is 0.366 e. The van der Waals surface area contributed by atoms with Crippen LogP contribution in [-0.4, -0.2) is 11.8 Å². The molecule has 0 saturated carbocycles. The van der Waals surface area contributed by atoms with Gasteiger partial charge in [-0.15, -0.1) is 11.3 Å². The second-order valence-corrected chi connectivity index (χ2v) is 6.06. The fraction of sp³-hybridized carbons (Fsp3) is 0.250. The number of para-hydroxylation sites is 1. The average molecular weight is 302 g/mol. The molecule has 2 aromatic rings. The van der Waals surface area contributed by atoms with Gasteiger partial charge in [0.15, 0.2) is 0 Å². The molecule has 0 fully saturated rings. The maximum Gasteiger partial charge on any atom is 0.265 e. The van der Waals surface area contributed by atoms with Gasteiger partial charge in [0.2, 0.25) is 0 Å². The van der Waals surface area contributed by atoms with Crippen LogP contribution in [0.5, 0.6) is 0 Å². The normalized spacial score (nSPS) is 10.4. The Morgan fingerprint density at radius 2 is 2.00 bits per heavy atom. The van der Waals surface area contributed by atoms with Crippen molar-refractivity contribution in [3.8, 4) is 0 Å². The second-order valence-electron chi connectivity index (χ2n) is 4.81. The number of thiophene rings is 1. The van der Waals surface area contributed by atoms with Crippen molar-refractivity contribution < 1.29 is 9.59 Å². The SMILES string of the molecule is CCCc1cc(C(=O)Nc2ccccc2C(N)=O)sc1C. The summed E-state index contributed by atoms with van der Waals surface area (Å²) in [5, 5.41) is 2.76. The second kappa shape index (κ2) is 6.54. The Morgan fingerprint density at radius 3 is 2.67 bits per heavy atom. The number of carbonyl (C=O) groups is 2. The molecule has 0 atom stereocenters. The van der Waals surface area contributed by atoms with Crippen LogP contribution in [0, 0.1) is 6.92 Å². The molecule has 3 N–H and O–H groups in total. The fourth-order valence-electron chi connectivity index (χ4n) is 2.14. The number of nitrogens with one attached hydrogen (secondary N) is 1. The minimum Gasteiger partial charge on any atom is -0.366 e. The number of carbonyl (C=O) groups excluding carboxylic acids is 2. The molecule has 1 aromatic heterocycles. The van der Waals surface area contributed by atoms with Crippen molar-refractivity contribution in [2.45, 2.75) is 26.7 Å². The van der Waals surface area contributed by atoms with E-state index >= 15 is 0 Å². The topological polar surface area (TPSA) is 72.2 Å². The van der Waals surface area contributed by atoms with Crippen molar-refractivity contribution in [3.63, 3.8) is 0 Å². The molecule has 4 nitrogen and oxygen atoms in total. The zero-order valence-electron chi connectivity index (χ0n) is 12.1. The fourth-order valence-corrected chi connectivity index (χ4v) is 3.11. The van der Waals surface area contributed by atoms with Crippen LogP contribution >= 0.6 is 11.3 Å². The Morgan fingerprint density at radius 1 is 1.29 bits per heavy atom.